The van der Waals surface area contributed by atoms with E-state index in [2.05, 4.69) is 29.0 Å². The maximum atomic E-state index is 13.8. The van der Waals surface area contributed by atoms with Crippen LogP contribution in [-0.4, -0.2) is 49.6 Å². The van der Waals surface area contributed by atoms with Crippen LogP contribution < -0.4 is 4.74 Å². The molecule has 0 amide bonds. The van der Waals surface area contributed by atoms with E-state index < -0.39 is 0 Å². The van der Waals surface area contributed by atoms with E-state index in [0.29, 0.717) is 12.6 Å². The van der Waals surface area contributed by atoms with Gasteiger partial charge in [0, 0.05) is 42.0 Å². The van der Waals surface area contributed by atoms with E-state index in [1.807, 2.05) is 19.1 Å². The van der Waals surface area contributed by atoms with Crippen LogP contribution in [0.3, 0.4) is 0 Å². The molecule has 138 valence electrons. The first-order valence-corrected chi connectivity index (χ1v) is 10.1. The van der Waals surface area contributed by atoms with Crippen LogP contribution in [0.15, 0.2) is 46.2 Å². The van der Waals surface area contributed by atoms with E-state index in [9.17, 15) is 4.39 Å². The van der Waals surface area contributed by atoms with Crippen molar-refractivity contribution in [2.45, 2.75) is 29.2 Å². The third-order valence-corrected chi connectivity index (χ3v) is 6.48. The van der Waals surface area contributed by atoms with Gasteiger partial charge in [0.25, 0.3) is 0 Å². The van der Waals surface area contributed by atoms with E-state index in [0.717, 1.165) is 43.2 Å². The van der Waals surface area contributed by atoms with Gasteiger partial charge in [-0.3, -0.25) is 4.90 Å². The summed E-state index contributed by atoms with van der Waals surface area (Å²) in [6, 6.07) is 11.9. The molecule has 0 aromatic heterocycles. The lowest BCUT2D eigenvalue weighted by atomic mass is 9.96. The number of halogens is 1. The third kappa shape index (κ3) is 3.61. The fraction of sp³-hybridized carbons (Fsp3) is 0.429. The van der Waals surface area contributed by atoms with Gasteiger partial charge >= 0.3 is 0 Å². The summed E-state index contributed by atoms with van der Waals surface area (Å²) >= 11 is 1.68. The van der Waals surface area contributed by atoms with Crippen molar-refractivity contribution in [1.29, 1.82) is 0 Å². The molecule has 2 heterocycles. The molecule has 1 fully saturated rings. The van der Waals surface area contributed by atoms with Gasteiger partial charge in [-0.15, -0.1) is 0 Å². The standard InChI is InChI=1S/C21H25FN2OS/c1-3-25-17-6-7-20-18(14-17)19(24-10-8-23(2)9-11-24)12-15-4-5-16(22)13-21(15)26-20/h4-7,13-14,19H,3,8-12H2,1-2H3/t19-/m0/s1. The topological polar surface area (TPSA) is 15.7 Å². The zero-order valence-corrected chi connectivity index (χ0v) is 16.2. The summed E-state index contributed by atoms with van der Waals surface area (Å²) in [5.41, 5.74) is 2.54. The van der Waals surface area contributed by atoms with Gasteiger partial charge in [0.1, 0.15) is 11.6 Å². The van der Waals surface area contributed by atoms with Crippen molar-refractivity contribution in [3.05, 3.63) is 53.3 Å². The Labute approximate surface area is 159 Å². The number of hydrogen-bond donors (Lipinski definition) is 0. The molecule has 2 aliphatic heterocycles. The number of nitrogens with zero attached hydrogens (tertiary/aromatic N) is 2. The first kappa shape index (κ1) is 17.8. The highest BCUT2D eigenvalue weighted by molar-refractivity contribution is 7.99. The van der Waals surface area contributed by atoms with Crippen molar-refractivity contribution >= 4 is 11.8 Å². The lowest BCUT2D eigenvalue weighted by Gasteiger charge is -2.38. The number of ether oxygens (including phenoxy) is 1. The highest BCUT2D eigenvalue weighted by Gasteiger charge is 2.30. The maximum Gasteiger partial charge on any atom is 0.124 e. The molecule has 1 saturated heterocycles. The van der Waals surface area contributed by atoms with Crippen LogP contribution in [0.25, 0.3) is 0 Å². The van der Waals surface area contributed by atoms with Gasteiger partial charge in [0.15, 0.2) is 0 Å². The van der Waals surface area contributed by atoms with Gasteiger partial charge in [0.05, 0.1) is 6.61 Å². The van der Waals surface area contributed by atoms with Crippen LogP contribution in [0.1, 0.15) is 24.1 Å². The van der Waals surface area contributed by atoms with Gasteiger partial charge < -0.3 is 9.64 Å². The molecule has 0 N–H and O–H groups in total. The molecule has 0 unspecified atom stereocenters. The molecule has 4 rings (SSSR count). The average Bonchev–Trinajstić information content (AvgIpc) is 2.79. The Kier molecular flexibility index (Phi) is 5.20. The van der Waals surface area contributed by atoms with Crippen LogP contribution in [0, 0.1) is 5.82 Å². The first-order valence-electron chi connectivity index (χ1n) is 9.29. The van der Waals surface area contributed by atoms with Crippen LogP contribution in [0.4, 0.5) is 4.39 Å². The smallest absolute Gasteiger partial charge is 0.124 e. The second kappa shape index (κ2) is 7.59. The Bertz CT molecular complexity index is 790. The molecule has 2 aromatic rings. The SMILES string of the molecule is CCOc1ccc2c(c1)[C@@H](N1CCN(C)CC1)Cc1ccc(F)cc1S2. The minimum Gasteiger partial charge on any atom is -0.494 e. The predicted molar refractivity (Wildman–Crippen MR) is 104 cm³/mol. The fourth-order valence-electron chi connectivity index (χ4n) is 3.82. The molecule has 0 saturated carbocycles. The Morgan fingerprint density at radius 3 is 2.65 bits per heavy atom. The fourth-order valence-corrected chi connectivity index (χ4v) is 4.96. The summed E-state index contributed by atoms with van der Waals surface area (Å²) in [7, 11) is 2.18. The minimum absolute atomic E-state index is 0.165. The van der Waals surface area contributed by atoms with Crippen LogP contribution in [0.5, 0.6) is 5.75 Å². The molecule has 3 nitrogen and oxygen atoms in total. The highest BCUT2D eigenvalue weighted by Crippen LogP contribution is 2.44. The lowest BCUT2D eigenvalue weighted by Crippen LogP contribution is -2.46. The molecule has 1 atom stereocenters. The Morgan fingerprint density at radius 2 is 1.88 bits per heavy atom. The largest absolute Gasteiger partial charge is 0.494 e. The quantitative estimate of drug-likeness (QED) is 0.801. The number of rotatable bonds is 3. The average molecular weight is 373 g/mol. The third-order valence-electron chi connectivity index (χ3n) is 5.29. The van der Waals surface area contributed by atoms with Gasteiger partial charge in [-0.1, -0.05) is 17.8 Å². The van der Waals surface area contributed by atoms with Crippen molar-refractivity contribution in [2.75, 3.05) is 39.8 Å². The Balaban J connectivity index is 1.75. The second-order valence-corrected chi connectivity index (χ2v) is 8.13. The summed E-state index contributed by atoms with van der Waals surface area (Å²) < 4.78 is 19.6. The van der Waals surface area contributed by atoms with Crippen molar-refractivity contribution in [3.63, 3.8) is 0 Å². The summed E-state index contributed by atoms with van der Waals surface area (Å²) in [6.07, 6.45) is 0.912. The Hall–Kier alpha value is -1.56. The molecule has 2 aromatic carbocycles. The molecular formula is C21H25FN2OS. The zero-order chi connectivity index (χ0) is 18.1. The van der Waals surface area contributed by atoms with Gasteiger partial charge in [0.2, 0.25) is 0 Å². The number of piperazine rings is 1. The van der Waals surface area contributed by atoms with Gasteiger partial charge in [-0.2, -0.15) is 0 Å². The second-order valence-electron chi connectivity index (χ2n) is 7.05. The van der Waals surface area contributed by atoms with E-state index in [1.165, 1.54) is 16.0 Å². The van der Waals surface area contributed by atoms with Crippen molar-refractivity contribution in [2.24, 2.45) is 0 Å². The molecule has 26 heavy (non-hydrogen) atoms. The molecule has 0 bridgehead atoms. The lowest BCUT2D eigenvalue weighted by molar-refractivity contribution is 0.109. The Morgan fingerprint density at radius 1 is 1.08 bits per heavy atom. The predicted octanol–water partition coefficient (Wildman–Crippen LogP) is 4.22. The van der Waals surface area contributed by atoms with E-state index >= 15 is 0 Å². The first-order chi connectivity index (χ1) is 12.6. The van der Waals surface area contributed by atoms with Gasteiger partial charge in [-0.25, -0.2) is 4.39 Å². The zero-order valence-electron chi connectivity index (χ0n) is 15.4. The van der Waals surface area contributed by atoms with E-state index in [4.69, 9.17) is 4.74 Å². The van der Waals surface area contributed by atoms with Crippen molar-refractivity contribution in [3.8, 4) is 5.75 Å². The van der Waals surface area contributed by atoms with E-state index in [-0.39, 0.29) is 5.82 Å². The normalized spacial score (nSPS) is 21.0. The molecule has 0 radical (unpaired) electrons. The monoisotopic (exact) mass is 372 g/mol. The molecule has 0 aliphatic carbocycles. The summed E-state index contributed by atoms with van der Waals surface area (Å²) in [5, 5.41) is 0. The molecule has 0 spiro atoms. The number of hydrogen-bond acceptors (Lipinski definition) is 4. The van der Waals surface area contributed by atoms with Crippen molar-refractivity contribution in [1.82, 2.24) is 9.80 Å². The summed E-state index contributed by atoms with van der Waals surface area (Å²) in [5.74, 6) is 0.755. The molecule has 2 aliphatic rings. The highest BCUT2D eigenvalue weighted by atomic mass is 32.2. The summed E-state index contributed by atoms with van der Waals surface area (Å²) in [4.78, 5) is 7.20. The number of fused-ring (bicyclic) bond motifs is 2. The van der Waals surface area contributed by atoms with Crippen molar-refractivity contribution < 1.29 is 9.13 Å². The maximum absolute atomic E-state index is 13.8. The van der Waals surface area contributed by atoms with Crippen LogP contribution >= 0.6 is 11.8 Å². The number of likely N-dealkylation sites (N-methyl/N-ethyl adjacent to an activating group) is 1. The minimum atomic E-state index is -0.165. The number of benzene rings is 2. The van der Waals surface area contributed by atoms with Crippen LogP contribution in [-0.2, 0) is 6.42 Å². The molecular weight excluding hydrogens is 347 g/mol. The molecule has 5 heteroatoms. The van der Waals surface area contributed by atoms with E-state index in [1.54, 1.807) is 23.9 Å². The summed E-state index contributed by atoms with van der Waals surface area (Å²) in [6.45, 7) is 6.95. The van der Waals surface area contributed by atoms with Gasteiger partial charge in [-0.05, 0) is 61.9 Å². The van der Waals surface area contributed by atoms with Crippen LogP contribution in [0.2, 0.25) is 0 Å².